The van der Waals surface area contributed by atoms with Crippen molar-refractivity contribution in [1.82, 2.24) is 4.90 Å². The van der Waals surface area contributed by atoms with E-state index in [-0.39, 0.29) is 23.6 Å². The van der Waals surface area contributed by atoms with E-state index in [9.17, 15) is 44.7 Å². The average molecular weight is 820 g/mol. The zero-order valence-electron chi connectivity index (χ0n) is 33.1. The fourth-order valence-corrected chi connectivity index (χ4v) is 14.8. The summed E-state index contributed by atoms with van der Waals surface area (Å²) in [5.41, 5.74) is 0.907. The molecule has 7 rings (SSSR count). The Morgan fingerprint density at radius 3 is 1.86 bits per heavy atom. The zero-order valence-corrected chi connectivity index (χ0v) is 34.1. The van der Waals surface area contributed by atoms with Gasteiger partial charge in [-0.3, -0.25) is 14.5 Å². The number of nitrogens with zero attached hydrogens (tertiary/aromatic N) is 1. The number of carbonyl (C=O) groups is 4. The van der Waals surface area contributed by atoms with Crippen molar-refractivity contribution in [2.75, 3.05) is 25.6 Å². The molecule has 0 aliphatic heterocycles. The number of amides is 2. The number of anilines is 1. The monoisotopic (exact) mass is 819 g/mol. The molecule has 0 unspecified atom stereocenters. The van der Waals surface area contributed by atoms with Gasteiger partial charge >= 0.3 is 224 Å². The summed E-state index contributed by atoms with van der Waals surface area (Å²) in [6.07, 6.45) is 1.56. The van der Waals surface area contributed by atoms with Crippen molar-refractivity contribution in [3.8, 4) is 5.75 Å². The van der Waals surface area contributed by atoms with E-state index in [0.29, 0.717) is 12.0 Å². The van der Waals surface area contributed by atoms with E-state index in [0.717, 1.165) is 19.0 Å². The minimum atomic E-state index is -3.02. The van der Waals surface area contributed by atoms with Crippen LogP contribution >= 0.6 is 7.26 Å². The fraction of sp³-hybridized carbons (Fsp3) is 0.304. The van der Waals surface area contributed by atoms with Gasteiger partial charge in [0.05, 0.1) is 18.1 Å². The summed E-state index contributed by atoms with van der Waals surface area (Å²) in [5.74, 6) is -10.2. The summed E-state index contributed by atoms with van der Waals surface area (Å²) >= 11 is 0. The number of rotatable bonds is 12. The summed E-state index contributed by atoms with van der Waals surface area (Å²) in [4.78, 5) is 55.0. The van der Waals surface area contributed by atoms with Crippen LogP contribution in [-0.4, -0.2) is 91.8 Å². The molecule has 6 atom stereocenters. The van der Waals surface area contributed by atoms with Gasteiger partial charge in [0, 0.05) is 5.92 Å². The molecule has 0 fully saturated rings. The number of carbonyl (C=O) groups excluding carboxylic acids is 4. The number of nitrogens with two attached hydrogens (primary N) is 1. The summed E-state index contributed by atoms with van der Waals surface area (Å²) in [6.45, 7) is 1.65. The quantitative estimate of drug-likeness (QED) is 0.0475. The van der Waals surface area contributed by atoms with Crippen molar-refractivity contribution in [3.63, 3.8) is 0 Å². The van der Waals surface area contributed by atoms with Gasteiger partial charge < -0.3 is 26.2 Å². The first-order chi connectivity index (χ1) is 28.2. The molecule has 13 heteroatoms. The summed E-state index contributed by atoms with van der Waals surface area (Å²) < 4.78 is 0. The van der Waals surface area contributed by atoms with Crippen molar-refractivity contribution in [2.24, 2.45) is 17.6 Å². The second-order valence-electron chi connectivity index (χ2n) is 16.1. The van der Waals surface area contributed by atoms with E-state index in [1.807, 2.05) is 18.2 Å². The molecule has 308 valence electrons. The SMILES string of the molecule is C[C@H]1c2ccc(NC(=O)CCCCC[PH](c3ccccc3)(c3ccccc3)c3ccccc3)c(O)c2C(=O)C2=C(O)[C@]3(O)C(=O)C(C(N)=O)=C(O)[C@@H](N(C)C)[C@@H]3[C@@H](O)[C@@H]21. The average Bonchev–Trinajstić information content (AvgIpc) is 3.22. The standard InChI is InChI=1S/C46H50N3O9P/c1-26-30-23-24-31(39(51)34(30)40(52)35-33(26)41(53)37-38(49(2)3)42(54)36(45(47)57)44(56)46(37,58)43(35)55)48-32(50)22-14-7-15-25-59(27-16-8-4-9-17-27,28-18-10-5-11-19-28)29-20-12-6-13-21-29/h4-6,8-13,16-21,23-24,26,33,37-38,41,51,53-55,58-59H,7,14-15,22,25H2,1-3H3,(H2,47,57)(H,48,50)/t26-,33+,37+,38-,41-,46-/m0/s1. The Morgan fingerprint density at radius 2 is 1.36 bits per heavy atom. The van der Waals surface area contributed by atoms with E-state index >= 15 is 0 Å². The number of primary amides is 1. The molecule has 0 spiro atoms. The maximum atomic E-state index is 14.3. The van der Waals surface area contributed by atoms with Crippen LogP contribution in [0.3, 0.4) is 0 Å². The van der Waals surface area contributed by atoms with Gasteiger partial charge in [-0.2, -0.15) is 0 Å². The molecule has 3 aliphatic rings. The molecule has 12 nitrogen and oxygen atoms in total. The van der Waals surface area contributed by atoms with Gasteiger partial charge in [0.25, 0.3) is 5.91 Å². The molecule has 0 radical (unpaired) electrons. The molecule has 8 N–H and O–H groups in total. The summed E-state index contributed by atoms with van der Waals surface area (Å²) in [6, 6.07) is 33.5. The van der Waals surface area contributed by atoms with Gasteiger partial charge in [-0.05, 0) is 14.1 Å². The second kappa shape index (κ2) is 16.2. The Morgan fingerprint density at radius 1 is 0.814 bits per heavy atom. The maximum absolute atomic E-state index is 14.3. The number of phenolic OH excluding ortho intramolecular Hbond substituents is 1. The Hall–Kier alpha value is -5.65. The molecular formula is C46H50N3O9P. The van der Waals surface area contributed by atoms with Crippen LogP contribution in [-0.2, 0) is 14.4 Å². The number of unbranched alkanes of at least 4 members (excludes halogenated alkanes) is 2. The van der Waals surface area contributed by atoms with Gasteiger partial charge in [0.2, 0.25) is 5.78 Å². The number of aromatic hydroxyl groups is 1. The predicted molar refractivity (Wildman–Crippen MR) is 228 cm³/mol. The van der Waals surface area contributed by atoms with Gasteiger partial charge in [-0.15, -0.1) is 0 Å². The Balaban J connectivity index is 1.10. The Kier molecular flexibility index (Phi) is 11.4. The van der Waals surface area contributed by atoms with Crippen molar-refractivity contribution < 1.29 is 44.7 Å². The third-order valence-corrected chi connectivity index (χ3v) is 17.7. The smallest absolute Gasteiger partial charge is 0.510 e. The number of likely N-dealkylation sites (N-methyl/N-ethyl adjacent to an activating group) is 1. The fourth-order valence-electron chi connectivity index (χ4n) is 9.89. The molecule has 0 saturated heterocycles. The van der Waals surface area contributed by atoms with Gasteiger partial charge in [-0.25, -0.2) is 0 Å². The number of Topliss-reactive ketones (excluding diaryl/α,β-unsaturated/α-hetero) is 2. The molecule has 0 saturated carbocycles. The zero-order chi connectivity index (χ0) is 42.4. The van der Waals surface area contributed by atoms with Gasteiger partial charge in [0.1, 0.15) is 17.1 Å². The number of nitrogens with one attached hydrogen (secondary N) is 1. The number of benzene rings is 4. The first-order valence-corrected chi connectivity index (χ1v) is 22.0. The van der Waals surface area contributed by atoms with Crippen LogP contribution in [0, 0.1) is 11.8 Å². The predicted octanol–water partition coefficient (Wildman–Crippen LogP) is 3.88. The van der Waals surface area contributed by atoms with Crippen molar-refractivity contribution in [2.45, 2.75) is 56.3 Å². The number of hydrogen-bond acceptors (Lipinski definition) is 10. The van der Waals surface area contributed by atoms with Crippen molar-refractivity contribution >= 4 is 52.2 Å². The van der Waals surface area contributed by atoms with E-state index < -0.39 is 88.7 Å². The van der Waals surface area contributed by atoms with Crippen LogP contribution in [0.1, 0.15) is 54.4 Å². The van der Waals surface area contributed by atoms with Gasteiger partial charge in [-0.1, -0.05) is 6.92 Å². The van der Waals surface area contributed by atoms with E-state index in [1.54, 1.807) is 13.0 Å². The van der Waals surface area contributed by atoms with Crippen LogP contribution in [0.2, 0.25) is 0 Å². The topological polar surface area (TPSA) is 211 Å². The van der Waals surface area contributed by atoms with Crippen LogP contribution in [0.4, 0.5) is 5.69 Å². The normalized spacial score (nSPS) is 24.3. The molecule has 0 bridgehead atoms. The second-order valence-corrected chi connectivity index (χ2v) is 20.1. The van der Waals surface area contributed by atoms with Gasteiger partial charge in [0.15, 0.2) is 5.60 Å². The number of hydrogen-bond donors (Lipinski definition) is 7. The molecule has 59 heavy (non-hydrogen) atoms. The first kappa shape index (κ1) is 41.5. The van der Waals surface area contributed by atoms with Crippen molar-refractivity contribution in [3.05, 3.63) is 137 Å². The van der Waals surface area contributed by atoms with E-state index in [4.69, 9.17) is 5.73 Å². The molecule has 0 aromatic heterocycles. The summed E-state index contributed by atoms with van der Waals surface area (Å²) in [5, 5.41) is 64.7. The third kappa shape index (κ3) is 6.74. The molecule has 4 aromatic carbocycles. The molecule has 3 aliphatic carbocycles. The number of phenols is 1. The van der Waals surface area contributed by atoms with Crippen LogP contribution in [0.5, 0.6) is 5.75 Å². The van der Waals surface area contributed by atoms with Crippen LogP contribution in [0.15, 0.2) is 126 Å². The minimum Gasteiger partial charge on any atom is -0.510 e. The van der Waals surface area contributed by atoms with E-state index in [1.165, 1.54) is 41.0 Å². The Bertz CT molecular complexity index is 2270. The minimum absolute atomic E-state index is 0.0465. The number of fused-ring (bicyclic) bond motifs is 3. The van der Waals surface area contributed by atoms with Crippen LogP contribution in [0.25, 0.3) is 0 Å². The third-order valence-electron chi connectivity index (χ3n) is 12.7. The summed E-state index contributed by atoms with van der Waals surface area (Å²) in [7, 11) is 0.530. The molecular weight excluding hydrogens is 769 g/mol. The molecule has 2 amide bonds. The number of aliphatic hydroxyl groups is 4. The van der Waals surface area contributed by atoms with Crippen molar-refractivity contribution in [1.29, 1.82) is 0 Å². The van der Waals surface area contributed by atoms with Crippen LogP contribution < -0.4 is 27.0 Å². The Labute approximate surface area is 343 Å². The number of ketones is 2. The molecule has 4 aromatic rings. The molecule has 0 heterocycles. The number of aliphatic hydroxyl groups excluding tert-OH is 3. The first-order valence-electron chi connectivity index (χ1n) is 19.8. The van der Waals surface area contributed by atoms with E-state index in [2.05, 4.69) is 78.1 Å².